The first-order valence-corrected chi connectivity index (χ1v) is 9.78. The molecular weight excluding hydrogens is 449 g/mol. The second-order valence-corrected chi connectivity index (χ2v) is 6.99. The fourth-order valence-electron chi connectivity index (χ4n) is 2.68. The number of amides is 1. The summed E-state index contributed by atoms with van der Waals surface area (Å²) in [7, 11) is 0. The van der Waals surface area contributed by atoms with E-state index in [2.05, 4.69) is 26.0 Å². The van der Waals surface area contributed by atoms with Crippen LogP contribution in [0.3, 0.4) is 0 Å². The van der Waals surface area contributed by atoms with Crippen LogP contribution in [0, 0.1) is 6.92 Å². The van der Waals surface area contributed by atoms with E-state index in [1.807, 2.05) is 18.7 Å². The van der Waals surface area contributed by atoms with E-state index >= 15 is 0 Å². The number of aryl methyl sites for hydroxylation is 2. The number of aliphatic imine (C=N–C) groups is 1. The first kappa shape index (κ1) is 22.1. The summed E-state index contributed by atoms with van der Waals surface area (Å²) in [6.07, 6.45) is 5.43. The number of nitrogens with one attached hydrogen (secondary N) is 2. The van der Waals surface area contributed by atoms with Crippen LogP contribution in [0.1, 0.15) is 43.3 Å². The van der Waals surface area contributed by atoms with Gasteiger partial charge >= 0.3 is 0 Å². The summed E-state index contributed by atoms with van der Waals surface area (Å²) in [5.74, 6) is 0.860. The topological polar surface area (TPSA) is 69.6 Å². The van der Waals surface area contributed by atoms with Crippen molar-refractivity contribution >= 4 is 47.2 Å². The van der Waals surface area contributed by atoms with Gasteiger partial charge < -0.3 is 15.5 Å². The van der Waals surface area contributed by atoms with Crippen LogP contribution in [0.15, 0.2) is 10.4 Å². The Morgan fingerprint density at radius 1 is 1.32 bits per heavy atom. The van der Waals surface area contributed by atoms with Gasteiger partial charge in [0.1, 0.15) is 6.54 Å². The summed E-state index contributed by atoms with van der Waals surface area (Å²) in [5, 5.41) is 9.82. The molecule has 0 aromatic carbocycles. The molecule has 1 aromatic rings. The maximum Gasteiger partial charge on any atom is 0.244 e. The molecule has 1 amide bonds. The van der Waals surface area contributed by atoms with E-state index in [9.17, 15) is 4.79 Å². The van der Waals surface area contributed by atoms with Crippen LogP contribution in [-0.2, 0) is 11.2 Å². The van der Waals surface area contributed by atoms with Crippen molar-refractivity contribution in [2.24, 2.45) is 4.99 Å². The lowest BCUT2D eigenvalue weighted by Gasteiger charge is -2.15. The highest BCUT2D eigenvalue weighted by Crippen LogP contribution is 2.11. The van der Waals surface area contributed by atoms with Gasteiger partial charge in [0.2, 0.25) is 5.91 Å². The standard InChI is InChI=1S/C17H29N5OS.HI/c1-3-18-17(20-12-16(23)22-10-6-7-11-22)19-9-5-4-8-15-21-14(2)13-24-15;/h13H,3-12H2,1-2H3,(H2,18,19,20);1H. The molecule has 1 aliphatic rings. The van der Waals surface area contributed by atoms with Crippen LogP contribution < -0.4 is 10.6 Å². The SMILES string of the molecule is CCNC(=NCC(=O)N1CCCC1)NCCCCc1nc(C)cs1.I. The van der Waals surface area contributed by atoms with Crippen molar-refractivity contribution in [2.45, 2.75) is 46.0 Å². The highest BCUT2D eigenvalue weighted by atomic mass is 127. The van der Waals surface area contributed by atoms with E-state index in [1.54, 1.807) is 11.3 Å². The van der Waals surface area contributed by atoms with E-state index < -0.39 is 0 Å². The number of thiazole rings is 1. The molecule has 0 spiro atoms. The zero-order chi connectivity index (χ0) is 17.2. The summed E-state index contributed by atoms with van der Waals surface area (Å²) in [6.45, 7) is 7.71. The fourth-order valence-corrected chi connectivity index (χ4v) is 3.50. The summed E-state index contributed by atoms with van der Waals surface area (Å²) in [5.41, 5.74) is 1.11. The Morgan fingerprint density at radius 2 is 2.08 bits per heavy atom. The molecule has 1 aliphatic heterocycles. The Kier molecular flexibility index (Phi) is 11.0. The fraction of sp³-hybridized carbons (Fsp3) is 0.706. The first-order chi connectivity index (χ1) is 11.7. The molecular formula is C17H30IN5OS. The van der Waals surface area contributed by atoms with Gasteiger partial charge in [0.25, 0.3) is 0 Å². The molecule has 0 bridgehead atoms. The van der Waals surface area contributed by atoms with E-state index in [0.29, 0.717) is 0 Å². The monoisotopic (exact) mass is 479 g/mol. The van der Waals surface area contributed by atoms with E-state index in [1.165, 1.54) is 5.01 Å². The normalized spacial score (nSPS) is 14.3. The third kappa shape index (κ3) is 8.35. The number of rotatable bonds is 8. The van der Waals surface area contributed by atoms with Crippen LogP contribution in [0.5, 0.6) is 0 Å². The Labute approximate surface area is 171 Å². The Morgan fingerprint density at radius 3 is 2.72 bits per heavy atom. The van der Waals surface area contributed by atoms with Crippen molar-refractivity contribution in [3.05, 3.63) is 16.1 Å². The van der Waals surface area contributed by atoms with Crippen LogP contribution in [-0.4, -0.2) is 54.5 Å². The molecule has 1 aromatic heterocycles. The molecule has 2 N–H and O–H groups in total. The predicted molar refractivity (Wildman–Crippen MR) is 115 cm³/mol. The van der Waals surface area contributed by atoms with Gasteiger partial charge in [0, 0.05) is 37.3 Å². The molecule has 1 fully saturated rings. The first-order valence-electron chi connectivity index (χ1n) is 8.90. The third-order valence-electron chi connectivity index (χ3n) is 3.95. The molecule has 2 heterocycles. The number of guanidine groups is 1. The Bertz CT molecular complexity index is 543. The molecule has 142 valence electrons. The number of likely N-dealkylation sites (tertiary alicyclic amines) is 1. The van der Waals surface area contributed by atoms with Gasteiger partial charge in [-0.25, -0.2) is 9.98 Å². The molecule has 2 rings (SSSR count). The highest BCUT2D eigenvalue weighted by Gasteiger charge is 2.17. The number of hydrogen-bond donors (Lipinski definition) is 2. The molecule has 6 nitrogen and oxygen atoms in total. The highest BCUT2D eigenvalue weighted by molar-refractivity contribution is 14.0. The molecule has 0 radical (unpaired) electrons. The van der Waals surface area contributed by atoms with Gasteiger partial charge in [0.05, 0.1) is 5.01 Å². The predicted octanol–water partition coefficient (Wildman–Crippen LogP) is 2.57. The van der Waals surface area contributed by atoms with Crippen LogP contribution >= 0.6 is 35.3 Å². The summed E-state index contributed by atoms with van der Waals surface area (Å²) in [6, 6.07) is 0. The molecule has 8 heteroatoms. The Hall–Kier alpha value is -0.900. The van der Waals surface area contributed by atoms with Gasteiger partial charge in [-0.3, -0.25) is 4.79 Å². The van der Waals surface area contributed by atoms with Crippen molar-refractivity contribution in [1.29, 1.82) is 0 Å². The lowest BCUT2D eigenvalue weighted by atomic mass is 10.2. The lowest BCUT2D eigenvalue weighted by Crippen LogP contribution is -2.39. The molecule has 0 aliphatic carbocycles. The number of hydrogen-bond acceptors (Lipinski definition) is 4. The maximum atomic E-state index is 12.0. The average Bonchev–Trinajstić information content (AvgIpc) is 3.23. The Balaban J connectivity index is 0.00000312. The summed E-state index contributed by atoms with van der Waals surface area (Å²) in [4.78, 5) is 22.8. The van der Waals surface area contributed by atoms with E-state index in [4.69, 9.17) is 0 Å². The number of unbranched alkanes of at least 4 members (excludes halogenated alkanes) is 1. The van der Waals surface area contributed by atoms with Gasteiger partial charge in [-0.15, -0.1) is 35.3 Å². The lowest BCUT2D eigenvalue weighted by molar-refractivity contribution is -0.128. The van der Waals surface area contributed by atoms with Crippen molar-refractivity contribution in [3.8, 4) is 0 Å². The summed E-state index contributed by atoms with van der Waals surface area (Å²) >= 11 is 1.74. The van der Waals surface area contributed by atoms with Crippen LogP contribution in [0.2, 0.25) is 0 Å². The minimum absolute atomic E-state index is 0. The van der Waals surface area contributed by atoms with Gasteiger partial charge in [-0.05, 0) is 46.0 Å². The summed E-state index contributed by atoms with van der Waals surface area (Å²) < 4.78 is 0. The minimum Gasteiger partial charge on any atom is -0.357 e. The van der Waals surface area contributed by atoms with E-state index in [-0.39, 0.29) is 36.4 Å². The molecule has 0 unspecified atom stereocenters. The van der Waals surface area contributed by atoms with E-state index in [0.717, 1.165) is 69.9 Å². The number of nitrogens with zero attached hydrogens (tertiary/aromatic N) is 3. The zero-order valence-electron chi connectivity index (χ0n) is 15.2. The zero-order valence-corrected chi connectivity index (χ0v) is 18.4. The quantitative estimate of drug-likeness (QED) is 0.260. The van der Waals surface area contributed by atoms with Crippen LogP contribution in [0.25, 0.3) is 0 Å². The third-order valence-corrected chi connectivity index (χ3v) is 4.98. The van der Waals surface area contributed by atoms with Gasteiger partial charge in [-0.2, -0.15) is 0 Å². The van der Waals surface area contributed by atoms with Gasteiger partial charge in [-0.1, -0.05) is 0 Å². The van der Waals surface area contributed by atoms with Crippen molar-refractivity contribution in [1.82, 2.24) is 20.5 Å². The van der Waals surface area contributed by atoms with Crippen LogP contribution in [0.4, 0.5) is 0 Å². The average molecular weight is 479 g/mol. The number of halogens is 1. The number of aromatic nitrogens is 1. The molecule has 25 heavy (non-hydrogen) atoms. The second kappa shape index (κ2) is 12.5. The van der Waals surface area contributed by atoms with Gasteiger partial charge in [0.15, 0.2) is 5.96 Å². The number of carbonyl (C=O) groups excluding carboxylic acids is 1. The second-order valence-electron chi connectivity index (χ2n) is 6.05. The largest absolute Gasteiger partial charge is 0.357 e. The van der Waals surface area contributed by atoms with Crippen molar-refractivity contribution in [3.63, 3.8) is 0 Å². The molecule has 0 atom stereocenters. The molecule has 0 saturated carbocycles. The number of carbonyl (C=O) groups is 1. The smallest absolute Gasteiger partial charge is 0.244 e. The maximum absolute atomic E-state index is 12.0. The van der Waals surface area contributed by atoms with Crippen molar-refractivity contribution < 1.29 is 4.79 Å². The minimum atomic E-state index is 0. The van der Waals surface area contributed by atoms with Crippen molar-refractivity contribution in [2.75, 3.05) is 32.7 Å². The molecule has 1 saturated heterocycles.